The third kappa shape index (κ3) is 6.57. The van der Waals surface area contributed by atoms with Crippen molar-refractivity contribution in [3.63, 3.8) is 0 Å². The molecule has 3 heterocycles. The van der Waals surface area contributed by atoms with Gasteiger partial charge in [-0.2, -0.15) is 13.2 Å². The zero-order valence-corrected chi connectivity index (χ0v) is 24.4. The summed E-state index contributed by atoms with van der Waals surface area (Å²) in [5.74, 6) is -2.29. The molecule has 0 spiro atoms. The van der Waals surface area contributed by atoms with Crippen LogP contribution in [0.3, 0.4) is 0 Å². The SMILES string of the molecule is C[C@H]1CN(c2cc(F)c(-c3cnc(N4CCN(C)CC4)nc3)cc2NC(=O)c2ccc(F)cc2C(F)(F)F)C[C@H](C)N1C. The number of likely N-dealkylation sites (N-methyl/N-ethyl adjacent to an activating group) is 2. The molecule has 0 saturated carbocycles. The van der Waals surface area contributed by atoms with Gasteiger partial charge in [0.1, 0.15) is 11.6 Å². The average molecular weight is 604 g/mol. The summed E-state index contributed by atoms with van der Waals surface area (Å²) >= 11 is 0. The number of halogens is 5. The second-order valence-electron chi connectivity index (χ2n) is 11.3. The maximum atomic E-state index is 15.8. The summed E-state index contributed by atoms with van der Waals surface area (Å²) < 4.78 is 70.6. The van der Waals surface area contributed by atoms with Gasteiger partial charge in [0.25, 0.3) is 5.91 Å². The van der Waals surface area contributed by atoms with Crippen LogP contribution in [0.4, 0.5) is 39.3 Å². The molecule has 8 nitrogen and oxygen atoms in total. The van der Waals surface area contributed by atoms with Crippen LogP contribution in [0.5, 0.6) is 0 Å². The Balaban J connectivity index is 1.53. The molecular weight excluding hydrogens is 569 g/mol. The van der Waals surface area contributed by atoms with E-state index in [4.69, 9.17) is 0 Å². The molecule has 13 heteroatoms. The lowest BCUT2D eigenvalue weighted by Gasteiger charge is -2.44. The Kier molecular flexibility index (Phi) is 8.57. The second-order valence-corrected chi connectivity index (χ2v) is 11.3. The van der Waals surface area contributed by atoms with Gasteiger partial charge in [-0.05, 0) is 58.3 Å². The number of alkyl halides is 3. The first-order valence-corrected chi connectivity index (χ1v) is 14.1. The Labute approximate surface area is 247 Å². The van der Waals surface area contributed by atoms with Crippen LogP contribution >= 0.6 is 0 Å². The van der Waals surface area contributed by atoms with Crippen LogP contribution in [0, 0.1) is 11.6 Å². The number of rotatable bonds is 5. The van der Waals surface area contributed by atoms with Crippen LogP contribution in [0.15, 0.2) is 42.7 Å². The van der Waals surface area contributed by atoms with Crippen molar-refractivity contribution in [2.45, 2.75) is 32.1 Å². The monoisotopic (exact) mass is 603 g/mol. The number of piperazine rings is 2. The normalized spacial score (nSPS) is 20.4. The number of carbonyl (C=O) groups is 1. The summed E-state index contributed by atoms with van der Waals surface area (Å²) in [5.41, 5.74) is -1.28. The first-order valence-electron chi connectivity index (χ1n) is 14.1. The minimum atomic E-state index is -4.96. The number of carbonyl (C=O) groups excluding carboxylic acids is 1. The van der Waals surface area contributed by atoms with E-state index >= 15 is 4.39 Å². The summed E-state index contributed by atoms with van der Waals surface area (Å²) in [6.07, 6.45) is -1.98. The largest absolute Gasteiger partial charge is 0.417 e. The molecule has 2 aliphatic heterocycles. The predicted molar refractivity (Wildman–Crippen MR) is 155 cm³/mol. The zero-order chi connectivity index (χ0) is 31.1. The fraction of sp³-hybridized carbons (Fsp3) is 0.433. The van der Waals surface area contributed by atoms with Gasteiger partial charge in [-0.3, -0.25) is 9.69 Å². The molecule has 1 amide bonds. The van der Waals surface area contributed by atoms with Crippen molar-refractivity contribution in [1.29, 1.82) is 0 Å². The first kappa shape index (κ1) is 30.6. The summed E-state index contributed by atoms with van der Waals surface area (Å²) in [7, 11) is 4.02. The lowest BCUT2D eigenvalue weighted by Crippen LogP contribution is -2.55. The van der Waals surface area contributed by atoms with E-state index in [-0.39, 0.29) is 29.4 Å². The standard InChI is InChI=1S/C30H34F5N7O/c1-18-16-42(17-19(2)40(18)4)27-13-25(32)23(20-14-36-29(37-15-20)41-9-7-39(3)8-10-41)12-26(27)38-28(43)22-6-5-21(31)11-24(22)30(33,34)35/h5-6,11-15,18-19H,7-10,16-17H2,1-4H3,(H,38,43)/t18-,19-/m0/s1. The maximum absolute atomic E-state index is 15.8. The molecule has 2 aliphatic rings. The van der Waals surface area contributed by atoms with Gasteiger partial charge in [0.2, 0.25) is 5.95 Å². The van der Waals surface area contributed by atoms with Crippen molar-refractivity contribution in [3.05, 3.63) is 65.5 Å². The van der Waals surface area contributed by atoms with Crippen LogP contribution in [0.2, 0.25) is 0 Å². The number of nitrogens with one attached hydrogen (secondary N) is 1. The molecule has 2 saturated heterocycles. The van der Waals surface area contributed by atoms with Gasteiger partial charge in [-0.15, -0.1) is 0 Å². The molecule has 2 aromatic carbocycles. The fourth-order valence-corrected chi connectivity index (χ4v) is 5.52. The van der Waals surface area contributed by atoms with E-state index < -0.39 is 34.8 Å². The van der Waals surface area contributed by atoms with E-state index in [2.05, 4.69) is 25.1 Å². The highest BCUT2D eigenvalue weighted by atomic mass is 19.4. The average Bonchev–Trinajstić information content (AvgIpc) is 2.96. The highest BCUT2D eigenvalue weighted by Crippen LogP contribution is 2.37. The second kappa shape index (κ2) is 12.0. The number of aromatic nitrogens is 2. The predicted octanol–water partition coefficient (Wildman–Crippen LogP) is 4.97. The fourth-order valence-electron chi connectivity index (χ4n) is 5.52. The van der Waals surface area contributed by atoms with E-state index in [9.17, 15) is 22.4 Å². The zero-order valence-electron chi connectivity index (χ0n) is 24.4. The van der Waals surface area contributed by atoms with E-state index in [0.717, 1.165) is 38.3 Å². The van der Waals surface area contributed by atoms with Crippen molar-refractivity contribution in [2.75, 3.05) is 68.5 Å². The van der Waals surface area contributed by atoms with Crippen molar-refractivity contribution in [2.24, 2.45) is 0 Å². The molecule has 0 radical (unpaired) electrons. The van der Waals surface area contributed by atoms with E-state index in [0.29, 0.717) is 30.3 Å². The molecular formula is C30H34F5N7O. The summed E-state index contributed by atoms with van der Waals surface area (Å²) in [6, 6.07) is 4.71. The van der Waals surface area contributed by atoms with Crippen LogP contribution in [0.25, 0.3) is 11.1 Å². The summed E-state index contributed by atoms with van der Waals surface area (Å²) in [5, 5.41) is 2.56. The number of hydrogen-bond donors (Lipinski definition) is 1. The molecule has 43 heavy (non-hydrogen) atoms. The Morgan fingerprint density at radius 1 is 0.907 bits per heavy atom. The van der Waals surface area contributed by atoms with Gasteiger partial charge in [0, 0.05) is 74.9 Å². The molecule has 5 rings (SSSR count). The Morgan fingerprint density at radius 3 is 2.14 bits per heavy atom. The topological polar surface area (TPSA) is 67.8 Å². The quantitative estimate of drug-likeness (QED) is 0.413. The summed E-state index contributed by atoms with van der Waals surface area (Å²) in [4.78, 5) is 30.5. The highest BCUT2D eigenvalue weighted by molar-refractivity contribution is 6.07. The lowest BCUT2D eigenvalue weighted by molar-refractivity contribution is -0.138. The van der Waals surface area contributed by atoms with Gasteiger partial charge in [-0.1, -0.05) is 0 Å². The van der Waals surface area contributed by atoms with Crippen molar-refractivity contribution < 1.29 is 26.7 Å². The highest BCUT2D eigenvalue weighted by Gasteiger charge is 2.36. The van der Waals surface area contributed by atoms with Crippen LogP contribution in [0.1, 0.15) is 29.8 Å². The molecule has 1 aromatic heterocycles. The molecule has 230 valence electrons. The Bertz CT molecular complexity index is 1460. The first-order chi connectivity index (χ1) is 20.3. The number of hydrogen-bond acceptors (Lipinski definition) is 7. The van der Waals surface area contributed by atoms with Gasteiger partial charge >= 0.3 is 6.18 Å². The van der Waals surface area contributed by atoms with Gasteiger partial charge < -0.3 is 20.0 Å². The Morgan fingerprint density at radius 2 is 1.53 bits per heavy atom. The van der Waals surface area contributed by atoms with Crippen LogP contribution in [-0.2, 0) is 6.18 Å². The van der Waals surface area contributed by atoms with Crippen LogP contribution < -0.4 is 15.1 Å². The van der Waals surface area contributed by atoms with Crippen LogP contribution in [-0.4, -0.2) is 91.1 Å². The Hall–Kier alpha value is -3.84. The van der Waals surface area contributed by atoms with E-state index in [1.807, 2.05) is 37.7 Å². The summed E-state index contributed by atoms with van der Waals surface area (Å²) in [6.45, 7) is 8.24. The van der Waals surface area contributed by atoms with Gasteiger partial charge in [0.15, 0.2) is 0 Å². The minimum Gasteiger partial charge on any atom is -0.367 e. The maximum Gasteiger partial charge on any atom is 0.417 e. The number of amides is 1. The number of anilines is 3. The lowest BCUT2D eigenvalue weighted by atomic mass is 10.0. The smallest absolute Gasteiger partial charge is 0.367 e. The number of benzene rings is 2. The molecule has 2 fully saturated rings. The van der Waals surface area contributed by atoms with E-state index in [1.165, 1.54) is 24.5 Å². The van der Waals surface area contributed by atoms with E-state index in [1.54, 1.807) is 0 Å². The van der Waals surface area contributed by atoms with Gasteiger partial charge in [0.05, 0.1) is 22.5 Å². The molecule has 1 N–H and O–H groups in total. The minimum absolute atomic E-state index is 0.0781. The third-order valence-electron chi connectivity index (χ3n) is 8.30. The third-order valence-corrected chi connectivity index (χ3v) is 8.30. The van der Waals surface area contributed by atoms with Crippen molar-refractivity contribution >= 4 is 23.2 Å². The van der Waals surface area contributed by atoms with Crippen molar-refractivity contribution in [1.82, 2.24) is 19.8 Å². The molecule has 0 aliphatic carbocycles. The number of nitrogens with zero attached hydrogens (tertiary/aromatic N) is 6. The molecule has 2 atom stereocenters. The molecule has 0 bridgehead atoms. The molecule has 3 aromatic rings. The van der Waals surface area contributed by atoms with Gasteiger partial charge in [-0.25, -0.2) is 18.7 Å². The molecule has 0 unspecified atom stereocenters. The van der Waals surface area contributed by atoms with Crippen molar-refractivity contribution in [3.8, 4) is 11.1 Å².